The molecule has 54 valence electrons. The molecule has 0 fully saturated rings. The maximum absolute atomic E-state index is 5.78. The van der Waals surface area contributed by atoms with E-state index < -0.39 is 0 Å². The molecule has 0 N–H and O–H groups in total. The molecule has 0 amide bonds. The van der Waals surface area contributed by atoms with E-state index in [0.717, 1.165) is 22.9 Å². The van der Waals surface area contributed by atoms with Gasteiger partial charge in [0.2, 0.25) is 0 Å². The molecule has 0 bridgehead atoms. The highest BCUT2D eigenvalue weighted by molar-refractivity contribution is 6.32. The van der Waals surface area contributed by atoms with E-state index in [4.69, 9.17) is 23.2 Å². The van der Waals surface area contributed by atoms with Gasteiger partial charge in [-0.3, -0.25) is 0 Å². The number of allylic oxidation sites excluding steroid dienone is 6. The fourth-order valence-electron chi connectivity index (χ4n) is 0.723. The summed E-state index contributed by atoms with van der Waals surface area (Å²) in [6, 6.07) is 0. The molecular formula is C8H8Cl2. The van der Waals surface area contributed by atoms with Gasteiger partial charge >= 0.3 is 0 Å². The van der Waals surface area contributed by atoms with Crippen molar-refractivity contribution in [3.63, 3.8) is 0 Å². The van der Waals surface area contributed by atoms with Crippen molar-refractivity contribution in [3.05, 3.63) is 34.4 Å². The van der Waals surface area contributed by atoms with Crippen molar-refractivity contribution >= 4 is 23.2 Å². The molecule has 0 aromatic rings. The first-order chi connectivity index (χ1) is 4.79. The Kier molecular flexibility index (Phi) is 3.04. The predicted octanol–water partition coefficient (Wildman–Crippen LogP) is 3.58. The van der Waals surface area contributed by atoms with Crippen LogP contribution in [0.25, 0.3) is 0 Å². The quantitative estimate of drug-likeness (QED) is 0.527. The molecule has 0 unspecified atom stereocenters. The molecule has 1 aliphatic rings. The van der Waals surface area contributed by atoms with E-state index in [1.54, 1.807) is 0 Å². The van der Waals surface area contributed by atoms with Gasteiger partial charge in [-0.25, -0.2) is 0 Å². The maximum Gasteiger partial charge on any atom is 0.0366 e. The third-order valence-electron chi connectivity index (χ3n) is 1.24. The third kappa shape index (κ3) is 2.59. The monoisotopic (exact) mass is 174 g/mol. The summed E-state index contributed by atoms with van der Waals surface area (Å²) in [7, 11) is 0. The molecule has 0 aliphatic heterocycles. The fourth-order valence-corrected chi connectivity index (χ4v) is 1.06. The summed E-state index contributed by atoms with van der Waals surface area (Å²) in [6.07, 6.45) is 9.39. The van der Waals surface area contributed by atoms with E-state index in [-0.39, 0.29) is 0 Å². The minimum Gasteiger partial charge on any atom is -0.0891 e. The zero-order chi connectivity index (χ0) is 7.40. The summed E-state index contributed by atoms with van der Waals surface area (Å²) in [5, 5.41) is 1.63. The SMILES string of the molecule is ClC1=CC/C(Cl)=C\C/C=C\1. The van der Waals surface area contributed by atoms with Gasteiger partial charge in [-0.05, 0) is 12.5 Å². The highest BCUT2D eigenvalue weighted by atomic mass is 35.5. The first-order valence-corrected chi connectivity index (χ1v) is 3.91. The largest absolute Gasteiger partial charge is 0.0891 e. The Morgan fingerprint density at radius 2 is 2.00 bits per heavy atom. The van der Waals surface area contributed by atoms with Crippen LogP contribution in [0.4, 0.5) is 0 Å². The molecular weight excluding hydrogens is 167 g/mol. The van der Waals surface area contributed by atoms with Crippen molar-refractivity contribution in [2.75, 3.05) is 0 Å². The predicted molar refractivity (Wildman–Crippen MR) is 46.2 cm³/mol. The molecule has 1 rings (SSSR count). The summed E-state index contributed by atoms with van der Waals surface area (Å²) in [5.41, 5.74) is 0. The van der Waals surface area contributed by atoms with Crippen LogP contribution >= 0.6 is 23.2 Å². The van der Waals surface area contributed by atoms with E-state index >= 15 is 0 Å². The molecule has 0 atom stereocenters. The van der Waals surface area contributed by atoms with Crippen LogP contribution in [0.2, 0.25) is 0 Å². The summed E-state index contributed by atoms with van der Waals surface area (Å²) < 4.78 is 0. The number of hydrogen-bond acceptors (Lipinski definition) is 0. The molecule has 1 aliphatic carbocycles. The third-order valence-corrected chi connectivity index (χ3v) is 1.83. The normalized spacial score (nSPS) is 27.4. The van der Waals surface area contributed by atoms with Gasteiger partial charge in [-0.15, -0.1) is 0 Å². The maximum atomic E-state index is 5.78. The van der Waals surface area contributed by atoms with Crippen LogP contribution in [-0.4, -0.2) is 0 Å². The van der Waals surface area contributed by atoms with Gasteiger partial charge in [0.25, 0.3) is 0 Å². The molecule has 0 heterocycles. The fraction of sp³-hybridized carbons (Fsp3) is 0.250. The Bertz CT molecular complexity index is 199. The zero-order valence-electron chi connectivity index (χ0n) is 5.48. The van der Waals surface area contributed by atoms with Crippen LogP contribution in [-0.2, 0) is 0 Å². The standard InChI is InChI=1S/C8H8Cl2/c9-7-3-1-2-4-8(10)6-5-7/h1,3-5H,2,6H2/b3-1-,7-5?,8-4+. The van der Waals surface area contributed by atoms with Gasteiger partial charge in [0, 0.05) is 16.5 Å². The molecule has 2 heteroatoms. The summed E-state index contributed by atoms with van der Waals surface area (Å²) in [6.45, 7) is 0. The first-order valence-electron chi connectivity index (χ1n) is 3.16. The average Bonchev–Trinajstić information content (AvgIpc) is 1.90. The van der Waals surface area contributed by atoms with Crippen LogP contribution in [0.3, 0.4) is 0 Å². The molecule has 0 saturated heterocycles. The smallest absolute Gasteiger partial charge is 0.0366 e. The van der Waals surface area contributed by atoms with E-state index in [1.807, 2.05) is 24.3 Å². The van der Waals surface area contributed by atoms with Gasteiger partial charge in [-0.1, -0.05) is 41.4 Å². The van der Waals surface area contributed by atoms with Gasteiger partial charge in [0.1, 0.15) is 0 Å². The van der Waals surface area contributed by atoms with E-state index in [1.165, 1.54) is 0 Å². The highest BCUT2D eigenvalue weighted by Crippen LogP contribution is 2.16. The van der Waals surface area contributed by atoms with Gasteiger partial charge in [-0.2, -0.15) is 0 Å². The molecule has 0 radical (unpaired) electrons. The topological polar surface area (TPSA) is 0 Å². The Hall–Kier alpha value is -0.200. The van der Waals surface area contributed by atoms with Crippen molar-refractivity contribution in [1.29, 1.82) is 0 Å². The van der Waals surface area contributed by atoms with Crippen molar-refractivity contribution in [2.45, 2.75) is 12.8 Å². The van der Waals surface area contributed by atoms with Crippen LogP contribution in [0.1, 0.15) is 12.8 Å². The lowest BCUT2D eigenvalue weighted by Gasteiger charge is -1.96. The van der Waals surface area contributed by atoms with Gasteiger partial charge in [0.05, 0.1) is 0 Å². The second-order valence-corrected chi connectivity index (χ2v) is 3.00. The van der Waals surface area contributed by atoms with Crippen LogP contribution in [0.15, 0.2) is 34.4 Å². The Morgan fingerprint density at radius 1 is 1.20 bits per heavy atom. The first kappa shape index (κ1) is 7.90. The minimum atomic E-state index is 0.755. The Balaban J connectivity index is 2.71. The second kappa shape index (κ2) is 3.85. The molecule has 0 spiro atoms. The van der Waals surface area contributed by atoms with Crippen molar-refractivity contribution in [2.24, 2.45) is 0 Å². The lowest BCUT2D eigenvalue weighted by atomic mass is 10.2. The van der Waals surface area contributed by atoms with Crippen molar-refractivity contribution in [1.82, 2.24) is 0 Å². The minimum absolute atomic E-state index is 0.755. The van der Waals surface area contributed by atoms with E-state index in [2.05, 4.69) is 0 Å². The Labute approximate surface area is 70.8 Å². The number of rotatable bonds is 0. The lowest BCUT2D eigenvalue weighted by Crippen LogP contribution is -1.75. The van der Waals surface area contributed by atoms with Crippen molar-refractivity contribution in [3.8, 4) is 0 Å². The highest BCUT2D eigenvalue weighted by Gasteiger charge is 1.92. The van der Waals surface area contributed by atoms with E-state index in [9.17, 15) is 0 Å². The van der Waals surface area contributed by atoms with E-state index in [0.29, 0.717) is 0 Å². The summed E-state index contributed by atoms with van der Waals surface area (Å²) in [5.74, 6) is 0. The lowest BCUT2D eigenvalue weighted by molar-refractivity contribution is 1.26. The molecule has 10 heavy (non-hydrogen) atoms. The average molecular weight is 175 g/mol. The molecule has 0 aromatic carbocycles. The molecule has 0 saturated carbocycles. The van der Waals surface area contributed by atoms with Crippen molar-refractivity contribution < 1.29 is 0 Å². The zero-order valence-corrected chi connectivity index (χ0v) is 6.99. The summed E-state index contributed by atoms with van der Waals surface area (Å²) >= 11 is 11.5. The van der Waals surface area contributed by atoms with Crippen LogP contribution in [0.5, 0.6) is 0 Å². The molecule has 0 aromatic heterocycles. The van der Waals surface area contributed by atoms with Crippen LogP contribution in [0, 0.1) is 0 Å². The van der Waals surface area contributed by atoms with Crippen LogP contribution < -0.4 is 0 Å². The summed E-state index contributed by atoms with van der Waals surface area (Å²) in [4.78, 5) is 0. The van der Waals surface area contributed by atoms with Gasteiger partial charge in [0.15, 0.2) is 0 Å². The number of hydrogen-bond donors (Lipinski definition) is 0. The number of halogens is 2. The second-order valence-electron chi connectivity index (χ2n) is 2.08. The van der Waals surface area contributed by atoms with Gasteiger partial charge < -0.3 is 0 Å². The Morgan fingerprint density at radius 3 is 2.80 bits per heavy atom. The molecule has 0 nitrogen and oxygen atoms in total.